The number of ketones is 1. The summed E-state index contributed by atoms with van der Waals surface area (Å²) in [5.41, 5.74) is 1.03. The smallest absolute Gasteiger partial charge is 0.407 e. The van der Waals surface area contributed by atoms with E-state index in [-0.39, 0.29) is 5.78 Å². The summed E-state index contributed by atoms with van der Waals surface area (Å²) in [5, 5.41) is 21.4. The third-order valence-electron chi connectivity index (χ3n) is 4.57. The zero-order valence-corrected chi connectivity index (χ0v) is 14.2. The number of carbonyl (C=O) groups is 3. The van der Waals surface area contributed by atoms with Gasteiger partial charge in [-0.2, -0.15) is 0 Å². The van der Waals surface area contributed by atoms with Crippen molar-refractivity contribution >= 4 is 17.8 Å². The van der Waals surface area contributed by atoms with Crippen molar-refractivity contribution in [3.63, 3.8) is 0 Å². The minimum absolute atomic E-state index is 0.272. The Hall–Kier alpha value is -2.41. The van der Waals surface area contributed by atoms with E-state index < -0.39 is 30.2 Å². The highest BCUT2D eigenvalue weighted by molar-refractivity contribution is 5.92. The molecule has 2 rings (SSSR count). The molecule has 1 aromatic carbocycles. The Morgan fingerprint density at radius 3 is 2.52 bits per heavy atom. The Morgan fingerprint density at radius 1 is 1.24 bits per heavy atom. The van der Waals surface area contributed by atoms with Gasteiger partial charge in [0.25, 0.3) is 0 Å². The number of hydrogen-bond donors (Lipinski definition) is 3. The number of nitrogens with one attached hydrogen (secondary N) is 1. The fraction of sp³-hybridized carbons (Fsp3) is 0.500. The molecule has 1 aromatic rings. The van der Waals surface area contributed by atoms with Crippen molar-refractivity contribution in [2.45, 2.75) is 50.7 Å². The van der Waals surface area contributed by atoms with Gasteiger partial charge in [-0.25, -0.2) is 4.79 Å². The second kappa shape index (κ2) is 8.62. The van der Waals surface area contributed by atoms with Crippen LogP contribution < -0.4 is 5.32 Å². The normalized spacial score (nSPS) is 19.4. The molecule has 0 aliphatic carbocycles. The number of benzene rings is 1. The van der Waals surface area contributed by atoms with Gasteiger partial charge < -0.3 is 10.2 Å². The molecule has 1 aliphatic rings. The minimum Gasteiger partial charge on any atom is -0.480 e. The average Bonchev–Trinajstić information content (AvgIpc) is 3.08. The van der Waals surface area contributed by atoms with Gasteiger partial charge in [0.2, 0.25) is 0 Å². The lowest BCUT2D eigenvalue weighted by atomic mass is 10.0. The van der Waals surface area contributed by atoms with Crippen molar-refractivity contribution < 1.29 is 24.6 Å². The third kappa shape index (κ3) is 5.03. The van der Waals surface area contributed by atoms with Gasteiger partial charge in [-0.15, -0.1) is 0 Å². The van der Waals surface area contributed by atoms with Gasteiger partial charge in [0.1, 0.15) is 6.04 Å². The minimum atomic E-state index is -1.11. The van der Waals surface area contributed by atoms with Crippen LogP contribution in [0.2, 0.25) is 0 Å². The number of likely N-dealkylation sites (tertiary alicyclic amines) is 1. The molecule has 1 aliphatic heterocycles. The number of carbonyl (C=O) groups excluding carboxylic acids is 1. The number of carboxylic acid groups (broad SMARTS) is 2. The Morgan fingerprint density at radius 2 is 1.92 bits per heavy atom. The maximum atomic E-state index is 12.5. The molecule has 0 saturated carbocycles. The highest BCUT2D eigenvalue weighted by atomic mass is 16.4. The molecule has 0 spiro atoms. The first-order chi connectivity index (χ1) is 11.9. The van der Waals surface area contributed by atoms with Gasteiger partial charge in [-0.3, -0.25) is 19.8 Å². The lowest BCUT2D eigenvalue weighted by molar-refractivity contribution is -0.140. The van der Waals surface area contributed by atoms with Gasteiger partial charge in [-0.1, -0.05) is 30.3 Å². The summed E-state index contributed by atoms with van der Waals surface area (Å²) in [4.78, 5) is 36.4. The number of Topliss-reactive ketones (excluding diaryl/α,β-unsaturated/α-hetero) is 1. The van der Waals surface area contributed by atoms with Crippen LogP contribution in [-0.4, -0.2) is 57.6 Å². The van der Waals surface area contributed by atoms with E-state index in [9.17, 15) is 19.5 Å². The summed E-state index contributed by atoms with van der Waals surface area (Å²) in [6.07, 6.45) is 0.952. The van der Waals surface area contributed by atoms with E-state index in [0.29, 0.717) is 32.2 Å². The summed E-state index contributed by atoms with van der Waals surface area (Å²) in [5.74, 6) is -1.29. The second-order valence-corrected chi connectivity index (χ2v) is 6.34. The predicted molar refractivity (Wildman–Crippen MR) is 91.5 cm³/mol. The Labute approximate surface area is 146 Å². The standard InChI is InChI=1S/C18H24N2O5/c1-12(16(21)15-8-5-11-20(15)18(24)25)19-14(17(22)23)10-9-13-6-3-2-4-7-13/h2-4,6-7,12,14-15,19H,5,8-11H2,1H3,(H,22,23)(H,24,25)/t12-,14-,15-/m0/s1. The summed E-state index contributed by atoms with van der Waals surface area (Å²) >= 11 is 0. The molecule has 0 unspecified atom stereocenters. The zero-order valence-electron chi connectivity index (χ0n) is 14.2. The summed E-state index contributed by atoms with van der Waals surface area (Å²) in [6, 6.07) is 7.26. The van der Waals surface area contributed by atoms with Gasteiger partial charge in [0.15, 0.2) is 5.78 Å². The lowest BCUT2D eigenvalue weighted by Gasteiger charge is -2.25. The number of nitrogens with zero attached hydrogens (tertiary/aromatic N) is 1. The molecule has 0 aromatic heterocycles. The molecule has 0 radical (unpaired) electrons. The van der Waals surface area contributed by atoms with Crippen molar-refractivity contribution in [2.24, 2.45) is 0 Å². The molecule has 3 N–H and O–H groups in total. The summed E-state index contributed by atoms with van der Waals surface area (Å²) in [6.45, 7) is 1.94. The van der Waals surface area contributed by atoms with E-state index in [1.54, 1.807) is 6.92 Å². The fourth-order valence-electron chi connectivity index (χ4n) is 3.20. The van der Waals surface area contributed by atoms with Crippen molar-refractivity contribution in [1.29, 1.82) is 0 Å². The topological polar surface area (TPSA) is 107 Å². The van der Waals surface area contributed by atoms with Gasteiger partial charge in [-0.05, 0) is 38.2 Å². The van der Waals surface area contributed by atoms with Crippen LogP contribution in [-0.2, 0) is 16.0 Å². The predicted octanol–water partition coefficient (Wildman–Crippen LogP) is 1.76. The number of carboxylic acids is 1. The van der Waals surface area contributed by atoms with Gasteiger partial charge >= 0.3 is 12.1 Å². The number of amides is 1. The SMILES string of the molecule is C[C@H](N[C@@H](CCc1ccccc1)C(=O)O)C(=O)[C@@H]1CCCN1C(=O)O. The van der Waals surface area contributed by atoms with Crippen molar-refractivity contribution in [3.8, 4) is 0 Å². The van der Waals surface area contributed by atoms with Crippen LogP contribution in [0.15, 0.2) is 30.3 Å². The molecule has 25 heavy (non-hydrogen) atoms. The van der Waals surface area contributed by atoms with E-state index in [1.807, 2.05) is 30.3 Å². The number of aryl methyl sites for hydroxylation is 1. The van der Waals surface area contributed by atoms with E-state index in [2.05, 4.69) is 5.32 Å². The monoisotopic (exact) mass is 348 g/mol. The highest BCUT2D eigenvalue weighted by Crippen LogP contribution is 2.19. The molecule has 7 nitrogen and oxygen atoms in total. The third-order valence-corrected chi connectivity index (χ3v) is 4.57. The van der Waals surface area contributed by atoms with Gasteiger partial charge in [0, 0.05) is 6.54 Å². The molecular formula is C18H24N2O5. The fourth-order valence-corrected chi connectivity index (χ4v) is 3.20. The maximum Gasteiger partial charge on any atom is 0.407 e. The Balaban J connectivity index is 1.95. The molecule has 136 valence electrons. The Kier molecular flexibility index (Phi) is 6.52. The van der Waals surface area contributed by atoms with Crippen LogP contribution in [0.25, 0.3) is 0 Å². The van der Waals surface area contributed by atoms with Crippen LogP contribution in [0.1, 0.15) is 31.7 Å². The highest BCUT2D eigenvalue weighted by Gasteiger charge is 2.37. The first-order valence-corrected chi connectivity index (χ1v) is 8.46. The van der Waals surface area contributed by atoms with Crippen LogP contribution >= 0.6 is 0 Å². The van der Waals surface area contributed by atoms with Crippen molar-refractivity contribution in [2.75, 3.05) is 6.54 Å². The van der Waals surface area contributed by atoms with Gasteiger partial charge in [0.05, 0.1) is 12.1 Å². The molecule has 1 saturated heterocycles. The van der Waals surface area contributed by atoms with Crippen LogP contribution in [0.4, 0.5) is 4.79 Å². The molecule has 1 amide bonds. The number of rotatable bonds is 8. The average molecular weight is 348 g/mol. The first-order valence-electron chi connectivity index (χ1n) is 8.46. The largest absolute Gasteiger partial charge is 0.480 e. The second-order valence-electron chi connectivity index (χ2n) is 6.34. The lowest BCUT2D eigenvalue weighted by Crippen LogP contribution is -2.52. The van der Waals surface area contributed by atoms with Crippen molar-refractivity contribution in [3.05, 3.63) is 35.9 Å². The van der Waals surface area contributed by atoms with Crippen LogP contribution in [0, 0.1) is 0 Å². The van der Waals surface area contributed by atoms with E-state index in [4.69, 9.17) is 5.11 Å². The molecular weight excluding hydrogens is 324 g/mol. The molecule has 7 heteroatoms. The van der Waals surface area contributed by atoms with E-state index >= 15 is 0 Å². The molecule has 1 heterocycles. The summed E-state index contributed by atoms with van der Waals surface area (Å²) < 4.78 is 0. The number of aliphatic carboxylic acids is 1. The first kappa shape index (κ1) is 18.9. The maximum absolute atomic E-state index is 12.5. The van der Waals surface area contributed by atoms with E-state index in [0.717, 1.165) is 10.5 Å². The molecule has 0 bridgehead atoms. The molecule has 1 fully saturated rings. The quantitative estimate of drug-likeness (QED) is 0.661. The summed E-state index contributed by atoms with van der Waals surface area (Å²) in [7, 11) is 0. The zero-order chi connectivity index (χ0) is 18.4. The number of hydrogen-bond acceptors (Lipinski definition) is 4. The molecule has 3 atom stereocenters. The van der Waals surface area contributed by atoms with Crippen LogP contribution in [0.5, 0.6) is 0 Å². The van der Waals surface area contributed by atoms with E-state index in [1.165, 1.54) is 0 Å². The van der Waals surface area contributed by atoms with Crippen molar-refractivity contribution in [1.82, 2.24) is 10.2 Å². The Bertz CT molecular complexity index is 619. The van der Waals surface area contributed by atoms with Crippen LogP contribution in [0.3, 0.4) is 0 Å².